The van der Waals surface area contributed by atoms with E-state index in [0.29, 0.717) is 0 Å². The molecule has 2 heteroatoms. The summed E-state index contributed by atoms with van der Waals surface area (Å²) in [5.74, 6) is 0. The molecule has 0 aliphatic heterocycles. The van der Waals surface area contributed by atoms with Crippen molar-refractivity contribution in [2.45, 2.75) is 41.5 Å². The standard InChI is InChI=1S/C21H30P2/c1-14-10-16(3)20(17(4)11-14)22-8-9-23(7)21-18(5)12-15(2)13-19(21)6/h10-13,22H,8-9H2,1-7H3/t23-/m1/s1. The van der Waals surface area contributed by atoms with Crippen molar-refractivity contribution in [3.8, 4) is 0 Å². The fourth-order valence-corrected chi connectivity index (χ4v) is 7.99. The SMILES string of the molecule is Cc1cc(C)c(PCC[P@@](C)c2c(C)cc(C)cc2C)c(C)c1. The van der Waals surface area contributed by atoms with Crippen LogP contribution in [0, 0.1) is 41.5 Å². The Morgan fingerprint density at radius 1 is 0.739 bits per heavy atom. The summed E-state index contributed by atoms with van der Waals surface area (Å²) in [4.78, 5) is 0. The van der Waals surface area contributed by atoms with E-state index in [4.69, 9.17) is 0 Å². The molecular formula is C21H30P2. The van der Waals surface area contributed by atoms with Gasteiger partial charge in [0.05, 0.1) is 0 Å². The van der Waals surface area contributed by atoms with Gasteiger partial charge in [0.25, 0.3) is 0 Å². The molecule has 0 aliphatic rings. The van der Waals surface area contributed by atoms with Gasteiger partial charge in [-0.25, -0.2) is 0 Å². The van der Waals surface area contributed by atoms with E-state index in [1.54, 1.807) is 10.6 Å². The van der Waals surface area contributed by atoms with Crippen molar-refractivity contribution in [3.05, 3.63) is 57.6 Å². The smallest absolute Gasteiger partial charge is 0.0185 e. The Labute approximate surface area is 145 Å². The largest absolute Gasteiger partial charge is 0.0895 e. The minimum absolute atomic E-state index is 0.0445. The third-order valence-corrected chi connectivity index (χ3v) is 8.87. The quantitative estimate of drug-likeness (QED) is 0.648. The maximum Gasteiger partial charge on any atom is -0.0185 e. The lowest BCUT2D eigenvalue weighted by molar-refractivity contribution is 1.35. The Morgan fingerprint density at radius 3 is 1.65 bits per heavy atom. The summed E-state index contributed by atoms with van der Waals surface area (Å²) in [6.45, 7) is 16.0. The van der Waals surface area contributed by atoms with Crippen LogP contribution in [-0.2, 0) is 0 Å². The lowest BCUT2D eigenvalue weighted by Gasteiger charge is -2.19. The maximum atomic E-state index is 2.46. The van der Waals surface area contributed by atoms with E-state index < -0.39 is 0 Å². The molecule has 0 aliphatic carbocycles. The van der Waals surface area contributed by atoms with Crippen molar-refractivity contribution in [1.29, 1.82) is 0 Å². The third kappa shape index (κ3) is 4.65. The molecule has 2 aromatic rings. The maximum absolute atomic E-state index is 2.46. The van der Waals surface area contributed by atoms with E-state index >= 15 is 0 Å². The van der Waals surface area contributed by atoms with Gasteiger partial charge in [-0.1, -0.05) is 51.9 Å². The fourth-order valence-electron chi connectivity index (χ4n) is 3.69. The number of aryl methyl sites for hydroxylation is 6. The predicted octanol–water partition coefficient (Wildman–Crippen LogP) is 5.28. The van der Waals surface area contributed by atoms with Crippen LogP contribution in [0.3, 0.4) is 0 Å². The lowest BCUT2D eigenvalue weighted by atomic mass is 10.1. The number of rotatable bonds is 5. The summed E-state index contributed by atoms with van der Waals surface area (Å²) in [6.07, 6.45) is 2.66. The highest BCUT2D eigenvalue weighted by Gasteiger charge is 2.12. The first-order chi connectivity index (χ1) is 10.8. The van der Waals surface area contributed by atoms with Gasteiger partial charge in [-0.3, -0.25) is 0 Å². The van der Waals surface area contributed by atoms with Crippen LogP contribution in [0.4, 0.5) is 0 Å². The van der Waals surface area contributed by atoms with Gasteiger partial charge >= 0.3 is 0 Å². The number of hydrogen-bond donors (Lipinski definition) is 0. The highest BCUT2D eigenvalue weighted by molar-refractivity contribution is 7.65. The molecule has 0 nitrogen and oxygen atoms in total. The lowest BCUT2D eigenvalue weighted by Crippen LogP contribution is -2.13. The minimum atomic E-state index is -0.0445. The minimum Gasteiger partial charge on any atom is -0.0895 e. The number of benzene rings is 2. The molecule has 0 amide bonds. The summed E-state index contributed by atoms with van der Waals surface area (Å²) < 4.78 is 0. The van der Waals surface area contributed by atoms with Crippen LogP contribution in [0.2, 0.25) is 0 Å². The van der Waals surface area contributed by atoms with E-state index in [0.717, 1.165) is 8.58 Å². The Hall–Kier alpha value is -0.700. The second-order valence-electron chi connectivity index (χ2n) is 6.87. The van der Waals surface area contributed by atoms with Gasteiger partial charge in [0.1, 0.15) is 0 Å². The molecule has 0 fully saturated rings. The van der Waals surface area contributed by atoms with E-state index in [1.807, 2.05) is 0 Å². The average molecular weight is 344 g/mol. The molecule has 1 unspecified atom stereocenters. The highest BCUT2D eigenvalue weighted by atomic mass is 31.1. The molecule has 0 saturated carbocycles. The monoisotopic (exact) mass is 344 g/mol. The average Bonchev–Trinajstić information content (AvgIpc) is 2.40. The van der Waals surface area contributed by atoms with Gasteiger partial charge in [0.2, 0.25) is 0 Å². The van der Waals surface area contributed by atoms with Crippen LogP contribution in [0.1, 0.15) is 33.4 Å². The summed E-state index contributed by atoms with van der Waals surface area (Å²) in [6, 6.07) is 9.35. The molecule has 23 heavy (non-hydrogen) atoms. The van der Waals surface area contributed by atoms with E-state index in [9.17, 15) is 0 Å². The van der Waals surface area contributed by atoms with Gasteiger partial charge < -0.3 is 0 Å². The van der Waals surface area contributed by atoms with Gasteiger partial charge in [0, 0.05) is 0 Å². The normalized spacial score (nSPS) is 13.0. The van der Waals surface area contributed by atoms with Gasteiger partial charge in [-0.05, 0) is 93.4 Å². The van der Waals surface area contributed by atoms with Gasteiger partial charge in [-0.2, -0.15) is 0 Å². The molecule has 0 saturated heterocycles. The molecule has 2 atom stereocenters. The first-order valence-electron chi connectivity index (χ1n) is 8.40. The zero-order chi connectivity index (χ0) is 17.1. The summed E-state index contributed by atoms with van der Waals surface area (Å²) >= 11 is 0. The van der Waals surface area contributed by atoms with Crippen molar-refractivity contribution in [2.75, 3.05) is 19.0 Å². The van der Waals surface area contributed by atoms with Crippen molar-refractivity contribution in [2.24, 2.45) is 0 Å². The zero-order valence-electron chi connectivity index (χ0n) is 15.7. The molecule has 0 radical (unpaired) electrons. The van der Waals surface area contributed by atoms with Crippen LogP contribution >= 0.6 is 16.5 Å². The summed E-state index contributed by atoms with van der Waals surface area (Å²) in [5.41, 5.74) is 8.70. The Bertz CT molecular complexity index is 655. The van der Waals surface area contributed by atoms with Crippen LogP contribution in [-0.4, -0.2) is 19.0 Å². The van der Waals surface area contributed by atoms with Crippen molar-refractivity contribution in [3.63, 3.8) is 0 Å². The molecule has 0 aromatic heterocycles. The van der Waals surface area contributed by atoms with E-state index in [1.165, 1.54) is 45.7 Å². The molecule has 2 aromatic carbocycles. The zero-order valence-corrected chi connectivity index (χ0v) is 17.6. The van der Waals surface area contributed by atoms with Gasteiger partial charge in [0.15, 0.2) is 0 Å². The van der Waals surface area contributed by atoms with E-state index in [2.05, 4.69) is 72.5 Å². The highest BCUT2D eigenvalue weighted by Crippen LogP contribution is 2.35. The van der Waals surface area contributed by atoms with Crippen molar-refractivity contribution >= 4 is 27.1 Å². The number of hydrogen-bond acceptors (Lipinski definition) is 0. The van der Waals surface area contributed by atoms with Crippen molar-refractivity contribution in [1.82, 2.24) is 0 Å². The Balaban J connectivity index is 2.05. The Morgan fingerprint density at radius 2 is 1.17 bits per heavy atom. The van der Waals surface area contributed by atoms with E-state index in [-0.39, 0.29) is 7.92 Å². The predicted molar refractivity (Wildman–Crippen MR) is 111 cm³/mol. The van der Waals surface area contributed by atoms with Crippen molar-refractivity contribution < 1.29 is 0 Å². The summed E-state index contributed by atoms with van der Waals surface area (Å²) in [5, 5.41) is 3.23. The topological polar surface area (TPSA) is 0 Å². The van der Waals surface area contributed by atoms with Crippen LogP contribution < -0.4 is 10.6 Å². The van der Waals surface area contributed by atoms with Crippen LogP contribution in [0.15, 0.2) is 24.3 Å². The molecule has 0 spiro atoms. The summed E-state index contributed by atoms with van der Waals surface area (Å²) in [7, 11) is 0.899. The molecular weight excluding hydrogens is 314 g/mol. The third-order valence-electron chi connectivity index (χ3n) is 4.44. The Kier molecular flexibility index (Phi) is 6.41. The first kappa shape index (κ1) is 18.6. The molecule has 0 bridgehead atoms. The second-order valence-corrected chi connectivity index (χ2v) is 10.5. The molecule has 0 heterocycles. The second kappa shape index (κ2) is 7.92. The fraction of sp³-hybridized carbons (Fsp3) is 0.429. The molecule has 0 N–H and O–H groups in total. The molecule has 124 valence electrons. The van der Waals surface area contributed by atoms with Crippen LogP contribution in [0.5, 0.6) is 0 Å². The first-order valence-corrected chi connectivity index (χ1v) is 11.6. The van der Waals surface area contributed by atoms with Gasteiger partial charge in [-0.15, -0.1) is 0 Å². The molecule has 2 rings (SSSR count). The van der Waals surface area contributed by atoms with Crippen LogP contribution in [0.25, 0.3) is 0 Å².